The number of carbonyl (C=O) groups excluding carboxylic acids is 1. The van der Waals surface area contributed by atoms with Gasteiger partial charge in [0.05, 0.1) is 11.4 Å². The molecule has 1 saturated heterocycles. The Morgan fingerprint density at radius 2 is 1.70 bits per heavy atom. The average molecular weight is 455 g/mol. The van der Waals surface area contributed by atoms with E-state index in [4.69, 9.17) is 0 Å². The highest BCUT2D eigenvalue weighted by Gasteiger charge is 2.25. The molecule has 1 N–H and O–H groups in total. The largest absolute Gasteiger partial charge is 0.378 e. The fourth-order valence-corrected chi connectivity index (χ4v) is 5.36. The molecule has 0 unspecified atom stereocenters. The van der Waals surface area contributed by atoms with Gasteiger partial charge in [-0.3, -0.25) is 4.79 Å². The number of anilines is 1. The van der Waals surface area contributed by atoms with Gasteiger partial charge in [-0.2, -0.15) is 13.1 Å². The van der Waals surface area contributed by atoms with Crippen LogP contribution in [0.25, 0.3) is 0 Å². The van der Waals surface area contributed by atoms with Crippen LogP contribution in [0.3, 0.4) is 0 Å². The number of sulfonamides is 1. The van der Waals surface area contributed by atoms with Crippen molar-refractivity contribution in [3.63, 3.8) is 0 Å². The number of halogens is 2. The van der Waals surface area contributed by atoms with Crippen molar-refractivity contribution < 1.29 is 22.0 Å². The average Bonchev–Trinajstić information content (AvgIpc) is 3.03. The predicted octanol–water partition coefficient (Wildman–Crippen LogP) is 4.86. The van der Waals surface area contributed by atoms with Crippen molar-refractivity contribution >= 4 is 33.3 Å². The molecule has 1 aliphatic heterocycles. The highest BCUT2D eigenvalue weighted by Crippen LogP contribution is 2.26. The maximum absolute atomic E-state index is 12.9. The van der Waals surface area contributed by atoms with Gasteiger partial charge in [-0.25, -0.2) is 8.42 Å². The van der Waals surface area contributed by atoms with Crippen LogP contribution in [0.15, 0.2) is 58.3 Å². The second-order valence-corrected chi connectivity index (χ2v) is 10.0. The zero-order chi connectivity index (χ0) is 21.6. The third-order valence-corrected chi connectivity index (χ3v) is 7.51. The molecule has 9 heteroatoms. The van der Waals surface area contributed by atoms with E-state index in [1.165, 1.54) is 16.4 Å². The molecule has 2 aromatic rings. The Morgan fingerprint density at radius 1 is 1.03 bits per heavy atom. The SMILES string of the molecule is O=C(CNc1ccc(SC(F)F)cc1)c1cccc(S(=O)(=O)N2CCCCCC2)c1. The molecule has 3 rings (SSSR count). The maximum Gasteiger partial charge on any atom is 0.288 e. The third-order valence-electron chi connectivity index (χ3n) is 4.89. The molecule has 2 aromatic carbocycles. The van der Waals surface area contributed by atoms with Gasteiger partial charge in [0.25, 0.3) is 5.76 Å². The van der Waals surface area contributed by atoms with E-state index in [1.807, 2.05) is 0 Å². The van der Waals surface area contributed by atoms with Gasteiger partial charge < -0.3 is 5.32 Å². The zero-order valence-electron chi connectivity index (χ0n) is 16.4. The lowest BCUT2D eigenvalue weighted by molar-refractivity contribution is 0.101. The molecule has 1 heterocycles. The summed E-state index contributed by atoms with van der Waals surface area (Å²) in [5.41, 5.74) is 0.929. The van der Waals surface area contributed by atoms with Gasteiger partial charge in [0.2, 0.25) is 10.0 Å². The zero-order valence-corrected chi connectivity index (χ0v) is 18.0. The molecule has 0 saturated carbocycles. The van der Waals surface area contributed by atoms with Crippen LogP contribution >= 0.6 is 11.8 Å². The van der Waals surface area contributed by atoms with E-state index in [-0.39, 0.29) is 17.2 Å². The van der Waals surface area contributed by atoms with Crippen LogP contribution in [0, 0.1) is 0 Å². The molecule has 0 atom stereocenters. The fraction of sp³-hybridized carbons (Fsp3) is 0.381. The number of carbonyl (C=O) groups is 1. The molecule has 1 aliphatic rings. The number of hydrogen-bond donors (Lipinski definition) is 1. The van der Waals surface area contributed by atoms with Crippen LogP contribution in [0.4, 0.5) is 14.5 Å². The highest BCUT2D eigenvalue weighted by atomic mass is 32.2. The Hall–Kier alpha value is -1.97. The molecule has 30 heavy (non-hydrogen) atoms. The highest BCUT2D eigenvalue weighted by molar-refractivity contribution is 7.99. The van der Waals surface area contributed by atoms with E-state index in [2.05, 4.69) is 5.32 Å². The summed E-state index contributed by atoms with van der Waals surface area (Å²) in [5, 5.41) is 2.95. The molecule has 0 spiro atoms. The molecule has 0 amide bonds. The van der Waals surface area contributed by atoms with Crippen molar-refractivity contribution in [3.8, 4) is 0 Å². The number of nitrogens with one attached hydrogen (secondary N) is 1. The summed E-state index contributed by atoms with van der Waals surface area (Å²) in [6.45, 7) is 0.971. The molecule has 0 bridgehead atoms. The summed E-state index contributed by atoms with van der Waals surface area (Å²) in [6, 6.07) is 12.5. The number of hydrogen-bond acceptors (Lipinski definition) is 5. The van der Waals surface area contributed by atoms with Crippen molar-refractivity contribution in [3.05, 3.63) is 54.1 Å². The number of nitrogens with zero attached hydrogens (tertiary/aromatic N) is 1. The van der Waals surface area contributed by atoms with E-state index in [0.717, 1.165) is 25.7 Å². The normalized spacial score (nSPS) is 15.7. The molecule has 0 radical (unpaired) electrons. The summed E-state index contributed by atoms with van der Waals surface area (Å²) in [5.74, 6) is -2.74. The summed E-state index contributed by atoms with van der Waals surface area (Å²) in [7, 11) is -3.63. The van der Waals surface area contributed by atoms with Gasteiger partial charge in [0.1, 0.15) is 0 Å². The number of thioether (sulfide) groups is 1. The van der Waals surface area contributed by atoms with Crippen LogP contribution in [0.2, 0.25) is 0 Å². The Kier molecular flexibility index (Phi) is 7.85. The first-order valence-electron chi connectivity index (χ1n) is 9.78. The number of rotatable bonds is 8. The standard InChI is InChI=1S/C21H24F2N2O3S2/c22-21(23)29-18-10-8-17(9-11-18)24-15-20(26)16-6-5-7-19(14-16)30(27,28)25-12-3-1-2-4-13-25/h5-11,14,21,24H,1-4,12-13,15H2. The molecular weight excluding hydrogens is 430 g/mol. The lowest BCUT2D eigenvalue weighted by Gasteiger charge is -2.20. The third kappa shape index (κ3) is 6.02. The van der Waals surface area contributed by atoms with Crippen molar-refractivity contribution in [2.45, 2.75) is 41.2 Å². The Bertz CT molecular complexity index is 958. The first-order valence-corrected chi connectivity index (χ1v) is 12.1. The summed E-state index contributed by atoms with van der Waals surface area (Å²) < 4.78 is 52.1. The van der Waals surface area contributed by atoms with Gasteiger partial charge in [-0.1, -0.05) is 36.7 Å². The van der Waals surface area contributed by atoms with Crippen LogP contribution in [0.5, 0.6) is 0 Å². The van der Waals surface area contributed by atoms with Crippen molar-refractivity contribution in [1.82, 2.24) is 4.31 Å². The lowest BCUT2D eigenvalue weighted by Crippen LogP contribution is -2.32. The van der Waals surface area contributed by atoms with Crippen LogP contribution < -0.4 is 5.32 Å². The number of alkyl halides is 2. The van der Waals surface area contributed by atoms with Crippen molar-refractivity contribution in [2.24, 2.45) is 0 Å². The second kappa shape index (κ2) is 10.4. The van der Waals surface area contributed by atoms with Crippen molar-refractivity contribution in [1.29, 1.82) is 0 Å². The quantitative estimate of drug-likeness (QED) is 0.456. The topological polar surface area (TPSA) is 66.5 Å². The minimum absolute atomic E-state index is 0.0332. The van der Waals surface area contributed by atoms with Crippen LogP contribution in [-0.2, 0) is 10.0 Å². The first-order chi connectivity index (χ1) is 14.4. The second-order valence-electron chi connectivity index (χ2n) is 7.03. The van der Waals surface area contributed by atoms with Crippen molar-refractivity contribution in [2.75, 3.05) is 25.0 Å². The van der Waals surface area contributed by atoms with Gasteiger partial charge >= 0.3 is 0 Å². The summed E-state index contributed by atoms with van der Waals surface area (Å²) >= 11 is 0.456. The smallest absolute Gasteiger partial charge is 0.288 e. The van der Waals surface area contributed by atoms with E-state index in [0.29, 0.717) is 41.0 Å². The van der Waals surface area contributed by atoms with Crippen LogP contribution in [-0.4, -0.2) is 43.9 Å². The molecule has 1 fully saturated rings. The fourth-order valence-electron chi connectivity index (χ4n) is 3.30. The monoisotopic (exact) mass is 454 g/mol. The van der Waals surface area contributed by atoms with Crippen LogP contribution in [0.1, 0.15) is 36.0 Å². The number of benzene rings is 2. The first kappa shape index (κ1) is 22.7. The van der Waals surface area contributed by atoms with E-state index >= 15 is 0 Å². The van der Waals surface area contributed by atoms with E-state index in [1.54, 1.807) is 36.4 Å². The number of ketones is 1. The molecule has 0 aromatic heterocycles. The van der Waals surface area contributed by atoms with Gasteiger partial charge in [-0.15, -0.1) is 0 Å². The van der Waals surface area contributed by atoms with Gasteiger partial charge in [0, 0.05) is 29.2 Å². The lowest BCUT2D eigenvalue weighted by atomic mass is 10.1. The molecule has 0 aliphatic carbocycles. The minimum Gasteiger partial charge on any atom is -0.378 e. The number of Topliss-reactive ketones (excluding diaryl/α,β-unsaturated/α-hetero) is 1. The molecular formula is C21H24F2N2O3S2. The maximum atomic E-state index is 12.9. The van der Waals surface area contributed by atoms with Gasteiger partial charge in [-0.05, 0) is 49.2 Å². The summed E-state index contributed by atoms with van der Waals surface area (Å²) in [6.07, 6.45) is 3.74. The van der Waals surface area contributed by atoms with E-state index < -0.39 is 15.8 Å². The predicted molar refractivity (Wildman–Crippen MR) is 115 cm³/mol. The van der Waals surface area contributed by atoms with E-state index in [9.17, 15) is 22.0 Å². The van der Waals surface area contributed by atoms with Gasteiger partial charge in [0.15, 0.2) is 5.78 Å². The Balaban J connectivity index is 1.65. The summed E-state index contributed by atoms with van der Waals surface area (Å²) in [4.78, 5) is 13.1. The Morgan fingerprint density at radius 3 is 2.33 bits per heavy atom. The molecule has 162 valence electrons. The molecule has 5 nitrogen and oxygen atoms in total. The minimum atomic E-state index is -3.63. The Labute approximate surface area is 179 Å².